The Morgan fingerprint density at radius 2 is 1.95 bits per heavy atom. The van der Waals surface area contributed by atoms with Crippen LogP contribution in [0, 0.1) is 19.8 Å². The molecule has 0 spiro atoms. The van der Waals surface area contributed by atoms with E-state index >= 15 is 0 Å². The van der Waals surface area contributed by atoms with Gasteiger partial charge in [-0.2, -0.15) is 0 Å². The van der Waals surface area contributed by atoms with Crippen LogP contribution in [0.1, 0.15) is 48.4 Å². The first-order valence-corrected chi connectivity index (χ1v) is 7.72. The summed E-state index contributed by atoms with van der Waals surface area (Å²) in [5.41, 5.74) is 10.3. The molecule has 2 heteroatoms. The van der Waals surface area contributed by atoms with Gasteiger partial charge in [-0.25, -0.2) is 0 Å². The van der Waals surface area contributed by atoms with Gasteiger partial charge in [-0.3, -0.25) is 4.90 Å². The fourth-order valence-electron chi connectivity index (χ4n) is 3.10. The lowest BCUT2D eigenvalue weighted by molar-refractivity contribution is 0.182. The Morgan fingerprint density at radius 1 is 1.21 bits per heavy atom. The van der Waals surface area contributed by atoms with Crippen molar-refractivity contribution in [3.05, 3.63) is 34.9 Å². The molecule has 2 N–H and O–H groups in total. The van der Waals surface area contributed by atoms with Crippen molar-refractivity contribution in [3.8, 4) is 0 Å². The van der Waals surface area contributed by atoms with Crippen molar-refractivity contribution in [2.75, 3.05) is 13.1 Å². The molecule has 2 aliphatic rings. The standard InChI is InChI=1S/C17H26N2/c1-12-3-4-13(2)16(9-12)17(10-18)19(15-7-8-15)11-14-5-6-14/h3-4,9,14-15,17H,5-8,10-11,18H2,1-2H3. The number of hydrogen-bond donors (Lipinski definition) is 1. The molecule has 2 aliphatic carbocycles. The summed E-state index contributed by atoms with van der Waals surface area (Å²) in [5, 5.41) is 0. The Morgan fingerprint density at radius 3 is 2.53 bits per heavy atom. The third-order valence-electron chi connectivity index (χ3n) is 4.60. The van der Waals surface area contributed by atoms with Crippen LogP contribution < -0.4 is 5.73 Å². The van der Waals surface area contributed by atoms with Gasteiger partial charge in [-0.05, 0) is 56.6 Å². The number of hydrogen-bond acceptors (Lipinski definition) is 2. The van der Waals surface area contributed by atoms with Crippen LogP contribution in [0.25, 0.3) is 0 Å². The Kier molecular flexibility index (Phi) is 3.64. The van der Waals surface area contributed by atoms with E-state index in [-0.39, 0.29) is 0 Å². The van der Waals surface area contributed by atoms with Gasteiger partial charge >= 0.3 is 0 Å². The Bertz CT molecular complexity index is 447. The third-order valence-corrected chi connectivity index (χ3v) is 4.60. The van der Waals surface area contributed by atoms with Crippen LogP contribution in [0.5, 0.6) is 0 Å². The van der Waals surface area contributed by atoms with Gasteiger partial charge < -0.3 is 5.73 Å². The van der Waals surface area contributed by atoms with Crippen LogP contribution >= 0.6 is 0 Å². The summed E-state index contributed by atoms with van der Waals surface area (Å²) in [6.07, 6.45) is 5.59. The molecule has 3 rings (SSSR count). The molecule has 19 heavy (non-hydrogen) atoms. The first-order chi connectivity index (χ1) is 9.19. The third kappa shape index (κ3) is 3.01. The summed E-state index contributed by atoms with van der Waals surface area (Å²) < 4.78 is 0. The molecule has 104 valence electrons. The van der Waals surface area contributed by atoms with Gasteiger partial charge in [0.2, 0.25) is 0 Å². The molecule has 0 aromatic heterocycles. The lowest BCUT2D eigenvalue weighted by Crippen LogP contribution is -2.37. The zero-order valence-electron chi connectivity index (χ0n) is 12.2. The highest BCUT2D eigenvalue weighted by Crippen LogP contribution is 2.40. The molecule has 2 fully saturated rings. The molecule has 2 saturated carbocycles. The molecule has 0 amide bonds. The van der Waals surface area contributed by atoms with Crippen LogP contribution in [0.2, 0.25) is 0 Å². The number of rotatable bonds is 6. The summed E-state index contributed by atoms with van der Waals surface area (Å²) in [6, 6.07) is 8.02. The SMILES string of the molecule is Cc1ccc(C)c(C(CN)N(CC2CC2)C2CC2)c1. The zero-order valence-corrected chi connectivity index (χ0v) is 12.2. The highest BCUT2D eigenvalue weighted by molar-refractivity contribution is 5.33. The fourth-order valence-corrected chi connectivity index (χ4v) is 3.10. The van der Waals surface area contributed by atoms with Gasteiger partial charge in [0.05, 0.1) is 0 Å². The smallest absolute Gasteiger partial charge is 0.0476 e. The van der Waals surface area contributed by atoms with Crippen molar-refractivity contribution in [2.24, 2.45) is 11.7 Å². The maximum Gasteiger partial charge on any atom is 0.0476 e. The van der Waals surface area contributed by atoms with E-state index in [0.717, 1.165) is 18.5 Å². The molecule has 1 aromatic rings. The van der Waals surface area contributed by atoms with Gasteiger partial charge in [0.1, 0.15) is 0 Å². The largest absolute Gasteiger partial charge is 0.329 e. The second-order valence-corrected chi connectivity index (χ2v) is 6.48. The maximum atomic E-state index is 6.14. The van der Waals surface area contributed by atoms with Crippen LogP contribution in [0.3, 0.4) is 0 Å². The molecule has 1 unspecified atom stereocenters. The second-order valence-electron chi connectivity index (χ2n) is 6.48. The summed E-state index contributed by atoms with van der Waals surface area (Å²) in [5.74, 6) is 0.944. The van der Waals surface area contributed by atoms with Crippen molar-refractivity contribution in [2.45, 2.75) is 51.6 Å². The van der Waals surface area contributed by atoms with E-state index in [4.69, 9.17) is 5.73 Å². The minimum absolute atomic E-state index is 0.424. The molecular formula is C17H26N2. The fraction of sp³-hybridized carbons (Fsp3) is 0.647. The Labute approximate surface area is 117 Å². The van der Waals surface area contributed by atoms with E-state index in [1.807, 2.05) is 0 Å². The number of aryl methyl sites for hydroxylation is 2. The van der Waals surface area contributed by atoms with Crippen LogP contribution in [0.15, 0.2) is 18.2 Å². The van der Waals surface area contributed by atoms with Crippen molar-refractivity contribution >= 4 is 0 Å². The van der Waals surface area contributed by atoms with Crippen LogP contribution in [-0.4, -0.2) is 24.0 Å². The molecule has 0 bridgehead atoms. The highest BCUT2D eigenvalue weighted by Gasteiger charge is 2.37. The molecule has 0 radical (unpaired) electrons. The Hall–Kier alpha value is -0.860. The van der Waals surface area contributed by atoms with Gasteiger partial charge in [-0.1, -0.05) is 23.8 Å². The van der Waals surface area contributed by atoms with Gasteiger partial charge in [0.25, 0.3) is 0 Å². The molecule has 2 nitrogen and oxygen atoms in total. The van der Waals surface area contributed by atoms with E-state index in [0.29, 0.717) is 6.04 Å². The maximum absolute atomic E-state index is 6.14. The van der Waals surface area contributed by atoms with Gasteiger partial charge in [0, 0.05) is 25.2 Å². The molecule has 1 atom stereocenters. The topological polar surface area (TPSA) is 29.3 Å². The minimum atomic E-state index is 0.424. The summed E-state index contributed by atoms with van der Waals surface area (Å²) in [6.45, 7) is 6.41. The zero-order chi connectivity index (χ0) is 13.4. The van der Waals surface area contributed by atoms with Crippen molar-refractivity contribution in [1.82, 2.24) is 4.90 Å². The van der Waals surface area contributed by atoms with E-state index in [1.165, 1.54) is 48.9 Å². The van der Waals surface area contributed by atoms with Crippen molar-refractivity contribution < 1.29 is 0 Å². The van der Waals surface area contributed by atoms with Gasteiger partial charge in [0.15, 0.2) is 0 Å². The van der Waals surface area contributed by atoms with Crippen LogP contribution in [-0.2, 0) is 0 Å². The predicted molar refractivity (Wildman–Crippen MR) is 80.2 cm³/mol. The molecule has 0 heterocycles. The summed E-state index contributed by atoms with van der Waals surface area (Å²) >= 11 is 0. The normalized spacial score (nSPS) is 20.8. The number of nitrogens with two attached hydrogens (primary N) is 1. The van der Waals surface area contributed by atoms with E-state index in [1.54, 1.807) is 0 Å². The lowest BCUT2D eigenvalue weighted by Gasteiger charge is -2.32. The molecule has 0 saturated heterocycles. The molecular weight excluding hydrogens is 232 g/mol. The minimum Gasteiger partial charge on any atom is -0.329 e. The van der Waals surface area contributed by atoms with Crippen molar-refractivity contribution in [1.29, 1.82) is 0 Å². The van der Waals surface area contributed by atoms with Crippen molar-refractivity contribution in [3.63, 3.8) is 0 Å². The highest BCUT2D eigenvalue weighted by atomic mass is 15.2. The molecule has 0 aliphatic heterocycles. The second kappa shape index (κ2) is 5.26. The van der Waals surface area contributed by atoms with E-state index in [2.05, 4.69) is 36.9 Å². The predicted octanol–water partition coefficient (Wildman–Crippen LogP) is 3.18. The average Bonchev–Trinajstić information content (AvgIpc) is 3.26. The Balaban J connectivity index is 1.85. The van der Waals surface area contributed by atoms with E-state index in [9.17, 15) is 0 Å². The van der Waals surface area contributed by atoms with E-state index < -0.39 is 0 Å². The summed E-state index contributed by atoms with van der Waals surface area (Å²) in [4.78, 5) is 2.71. The first kappa shape index (κ1) is 13.1. The van der Waals surface area contributed by atoms with Gasteiger partial charge in [-0.15, -0.1) is 0 Å². The number of benzene rings is 1. The quantitative estimate of drug-likeness (QED) is 0.849. The monoisotopic (exact) mass is 258 g/mol. The lowest BCUT2D eigenvalue weighted by atomic mass is 9.97. The average molecular weight is 258 g/mol. The number of nitrogens with zero attached hydrogens (tertiary/aromatic N) is 1. The molecule has 1 aromatic carbocycles. The van der Waals surface area contributed by atoms with Crippen LogP contribution in [0.4, 0.5) is 0 Å². The summed E-state index contributed by atoms with van der Waals surface area (Å²) in [7, 11) is 0. The first-order valence-electron chi connectivity index (χ1n) is 7.72.